The predicted molar refractivity (Wildman–Crippen MR) is 70.6 cm³/mol. The number of methoxy groups -OCH3 is 1. The molecule has 0 bridgehead atoms. The van der Waals surface area contributed by atoms with Crippen molar-refractivity contribution in [1.82, 2.24) is 4.57 Å². The van der Waals surface area contributed by atoms with E-state index in [1.54, 1.807) is 6.08 Å². The number of para-hydroxylation sites is 1. The Balaban J connectivity index is 2.14. The minimum absolute atomic E-state index is 0.326. The second-order valence-corrected chi connectivity index (χ2v) is 3.83. The zero-order valence-corrected chi connectivity index (χ0v) is 10.2. The summed E-state index contributed by atoms with van der Waals surface area (Å²) in [5, 5.41) is 0. The Bertz CT molecular complexity index is 541. The maximum absolute atomic E-state index is 11.0. The number of carbonyl (C=O) groups excluding carboxylic acids is 1. The molecule has 0 N–H and O–H groups in total. The monoisotopic (exact) mass is 241 g/mol. The highest BCUT2D eigenvalue weighted by molar-refractivity contribution is 5.81. The summed E-state index contributed by atoms with van der Waals surface area (Å²) in [4.78, 5) is 11.0. The third kappa shape index (κ3) is 2.88. The van der Waals surface area contributed by atoms with Crippen LogP contribution in [0.2, 0.25) is 0 Å². The number of nitrogens with zero attached hydrogens (tertiary/aromatic N) is 1. The molecule has 3 nitrogen and oxygen atoms in total. The van der Waals surface area contributed by atoms with Gasteiger partial charge in [-0.2, -0.15) is 0 Å². The zero-order chi connectivity index (χ0) is 12.8. The molecule has 0 fully saturated rings. The first-order chi connectivity index (χ1) is 8.81. The molecule has 0 unspecified atom stereocenters. The summed E-state index contributed by atoms with van der Waals surface area (Å²) in [6, 6.07) is 14.1. The maximum Gasteiger partial charge on any atom is 0.330 e. The van der Waals surface area contributed by atoms with Crippen molar-refractivity contribution >= 4 is 5.97 Å². The lowest BCUT2D eigenvalue weighted by Crippen LogP contribution is -1.98. The lowest BCUT2D eigenvalue weighted by Gasteiger charge is -2.07. The summed E-state index contributed by atoms with van der Waals surface area (Å²) in [5.74, 6) is -0.326. The number of esters is 1. The fourth-order valence-electron chi connectivity index (χ4n) is 1.77. The van der Waals surface area contributed by atoms with Crippen molar-refractivity contribution in [3.8, 4) is 5.69 Å². The highest BCUT2D eigenvalue weighted by Crippen LogP contribution is 2.13. The number of carbonyl (C=O) groups is 1. The zero-order valence-electron chi connectivity index (χ0n) is 10.2. The van der Waals surface area contributed by atoms with Gasteiger partial charge in [-0.3, -0.25) is 0 Å². The van der Waals surface area contributed by atoms with E-state index < -0.39 is 0 Å². The third-order valence-corrected chi connectivity index (χ3v) is 2.65. The minimum Gasteiger partial charge on any atom is -0.466 e. The fraction of sp³-hybridized carbons (Fsp3) is 0.133. The van der Waals surface area contributed by atoms with Gasteiger partial charge in [-0.1, -0.05) is 24.3 Å². The Morgan fingerprint density at radius 3 is 2.72 bits per heavy atom. The van der Waals surface area contributed by atoms with Crippen molar-refractivity contribution in [1.29, 1.82) is 0 Å². The van der Waals surface area contributed by atoms with Crippen LogP contribution in [-0.4, -0.2) is 17.6 Å². The molecule has 0 saturated carbocycles. The summed E-state index contributed by atoms with van der Waals surface area (Å²) in [7, 11) is 1.37. The van der Waals surface area contributed by atoms with Gasteiger partial charge in [0.25, 0.3) is 0 Å². The SMILES string of the molecule is COC(=O)C=CCc1cccn1-c1ccccc1. The molecular formula is C15H15NO2. The highest BCUT2D eigenvalue weighted by Gasteiger charge is 2.01. The Morgan fingerprint density at radius 1 is 1.22 bits per heavy atom. The standard InChI is InChI=1S/C15H15NO2/c1-18-15(17)11-5-9-14-10-6-12-16(14)13-7-3-2-4-8-13/h2-8,10-12H,9H2,1H3. The molecule has 0 radical (unpaired) electrons. The fourth-order valence-corrected chi connectivity index (χ4v) is 1.77. The van der Waals surface area contributed by atoms with E-state index in [0.717, 1.165) is 11.4 Å². The summed E-state index contributed by atoms with van der Waals surface area (Å²) in [6.45, 7) is 0. The van der Waals surface area contributed by atoms with Gasteiger partial charge >= 0.3 is 5.97 Å². The van der Waals surface area contributed by atoms with E-state index in [9.17, 15) is 4.79 Å². The topological polar surface area (TPSA) is 31.2 Å². The smallest absolute Gasteiger partial charge is 0.330 e. The summed E-state index contributed by atoms with van der Waals surface area (Å²) >= 11 is 0. The Labute approximate surface area is 106 Å². The number of aromatic nitrogens is 1. The number of hydrogen-bond acceptors (Lipinski definition) is 2. The number of hydrogen-bond donors (Lipinski definition) is 0. The summed E-state index contributed by atoms with van der Waals surface area (Å²) in [6.07, 6.45) is 5.95. The van der Waals surface area contributed by atoms with Crippen molar-refractivity contribution in [2.45, 2.75) is 6.42 Å². The largest absolute Gasteiger partial charge is 0.466 e. The maximum atomic E-state index is 11.0. The molecule has 1 heterocycles. The normalized spacial score (nSPS) is 10.7. The van der Waals surface area contributed by atoms with Gasteiger partial charge in [-0.05, 0) is 24.3 Å². The van der Waals surface area contributed by atoms with E-state index in [1.807, 2.05) is 48.7 Å². The van der Waals surface area contributed by atoms with Crippen LogP contribution in [0.4, 0.5) is 0 Å². The van der Waals surface area contributed by atoms with E-state index in [1.165, 1.54) is 13.2 Å². The molecule has 0 aliphatic rings. The van der Waals surface area contributed by atoms with Gasteiger partial charge in [-0.15, -0.1) is 0 Å². The first-order valence-corrected chi connectivity index (χ1v) is 5.77. The summed E-state index contributed by atoms with van der Waals surface area (Å²) in [5.41, 5.74) is 2.24. The van der Waals surface area contributed by atoms with Crippen LogP contribution in [0.25, 0.3) is 5.69 Å². The molecule has 0 amide bonds. The molecule has 18 heavy (non-hydrogen) atoms. The first kappa shape index (κ1) is 12.2. The minimum atomic E-state index is -0.326. The van der Waals surface area contributed by atoms with Gasteiger partial charge in [0, 0.05) is 30.1 Å². The van der Waals surface area contributed by atoms with E-state index in [2.05, 4.69) is 9.30 Å². The lowest BCUT2D eigenvalue weighted by atomic mass is 10.2. The number of rotatable bonds is 4. The van der Waals surface area contributed by atoms with Crippen LogP contribution in [0.15, 0.2) is 60.8 Å². The van der Waals surface area contributed by atoms with Crippen LogP contribution in [0.3, 0.4) is 0 Å². The molecule has 2 aromatic rings. The molecule has 0 aliphatic heterocycles. The van der Waals surface area contributed by atoms with E-state index in [0.29, 0.717) is 6.42 Å². The van der Waals surface area contributed by atoms with E-state index >= 15 is 0 Å². The quantitative estimate of drug-likeness (QED) is 0.609. The second kappa shape index (κ2) is 5.87. The van der Waals surface area contributed by atoms with Crippen LogP contribution in [0.1, 0.15) is 5.69 Å². The van der Waals surface area contributed by atoms with Gasteiger partial charge in [0.1, 0.15) is 0 Å². The molecular weight excluding hydrogens is 226 g/mol. The van der Waals surface area contributed by atoms with Crippen LogP contribution >= 0.6 is 0 Å². The Morgan fingerprint density at radius 2 is 2.00 bits per heavy atom. The van der Waals surface area contributed by atoms with Crippen molar-refractivity contribution in [2.24, 2.45) is 0 Å². The third-order valence-electron chi connectivity index (χ3n) is 2.65. The molecule has 0 aliphatic carbocycles. The van der Waals surface area contributed by atoms with Crippen LogP contribution in [0, 0.1) is 0 Å². The van der Waals surface area contributed by atoms with E-state index in [-0.39, 0.29) is 5.97 Å². The van der Waals surface area contributed by atoms with Gasteiger partial charge in [0.15, 0.2) is 0 Å². The van der Waals surface area contributed by atoms with Gasteiger partial charge < -0.3 is 9.30 Å². The molecule has 2 rings (SSSR count). The molecule has 3 heteroatoms. The van der Waals surface area contributed by atoms with Crippen LogP contribution in [-0.2, 0) is 16.0 Å². The Hall–Kier alpha value is -2.29. The van der Waals surface area contributed by atoms with Crippen LogP contribution in [0.5, 0.6) is 0 Å². The average molecular weight is 241 g/mol. The second-order valence-electron chi connectivity index (χ2n) is 3.83. The van der Waals surface area contributed by atoms with Crippen molar-refractivity contribution in [3.63, 3.8) is 0 Å². The lowest BCUT2D eigenvalue weighted by molar-refractivity contribution is -0.134. The Kier molecular flexibility index (Phi) is 3.97. The molecule has 0 atom stereocenters. The van der Waals surface area contributed by atoms with Gasteiger partial charge in [0.2, 0.25) is 0 Å². The van der Waals surface area contributed by atoms with Crippen LogP contribution < -0.4 is 0 Å². The van der Waals surface area contributed by atoms with E-state index in [4.69, 9.17) is 0 Å². The molecule has 1 aromatic heterocycles. The molecule has 0 saturated heterocycles. The summed E-state index contributed by atoms with van der Waals surface area (Å²) < 4.78 is 6.65. The van der Waals surface area contributed by atoms with Gasteiger partial charge in [0.05, 0.1) is 7.11 Å². The number of ether oxygens (including phenoxy) is 1. The van der Waals surface area contributed by atoms with Crippen molar-refractivity contribution in [2.75, 3.05) is 7.11 Å². The number of allylic oxidation sites excluding steroid dienone is 1. The van der Waals surface area contributed by atoms with Crippen molar-refractivity contribution < 1.29 is 9.53 Å². The number of benzene rings is 1. The molecule has 1 aromatic carbocycles. The highest BCUT2D eigenvalue weighted by atomic mass is 16.5. The van der Waals surface area contributed by atoms with Gasteiger partial charge in [-0.25, -0.2) is 4.79 Å². The predicted octanol–water partition coefficient (Wildman–Crippen LogP) is 2.75. The molecule has 92 valence electrons. The average Bonchev–Trinajstić information content (AvgIpc) is 2.88. The van der Waals surface area contributed by atoms with Crippen molar-refractivity contribution in [3.05, 3.63) is 66.5 Å². The first-order valence-electron chi connectivity index (χ1n) is 5.77. The molecule has 0 spiro atoms.